The van der Waals surface area contributed by atoms with Gasteiger partial charge in [-0.3, -0.25) is 4.79 Å². The summed E-state index contributed by atoms with van der Waals surface area (Å²) in [5.41, 5.74) is 1.87. The second kappa shape index (κ2) is 5.54. The lowest BCUT2D eigenvalue weighted by Crippen LogP contribution is -2.34. The maximum atomic E-state index is 11.6. The lowest BCUT2D eigenvalue weighted by Gasteiger charge is -2.25. The van der Waals surface area contributed by atoms with Gasteiger partial charge in [0.1, 0.15) is 6.07 Å². The highest BCUT2D eigenvalue weighted by Gasteiger charge is 2.44. The van der Waals surface area contributed by atoms with Crippen molar-refractivity contribution in [2.75, 3.05) is 18.0 Å². The van der Waals surface area contributed by atoms with Gasteiger partial charge in [0.25, 0.3) is 0 Å². The van der Waals surface area contributed by atoms with Crippen LogP contribution in [0.4, 0.5) is 5.69 Å². The Labute approximate surface area is 119 Å². The molecule has 20 heavy (non-hydrogen) atoms. The largest absolute Gasteiger partial charge is 0.481 e. The van der Waals surface area contributed by atoms with E-state index >= 15 is 0 Å². The number of benzene rings is 1. The van der Waals surface area contributed by atoms with E-state index in [-0.39, 0.29) is 0 Å². The third-order valence-electron chi connectivity index (χ3n) is 4.15. The zero-order valence-electron chi connectivity index (χ0n) is 12.0. The highest BCUT2D eigenvalue weighted by molar-refractivity contribution is 5.77. The summed E-state index contributed by atoms with van der Waals surface area (Å²) in [4.78, 5) is 13.7. The number of rotatable bonds is 4. The van der Waals surface area contributed by atoms with Crippen LogP contribution in [-0.2, 0) is 4.79 Å². The minimum absolute atomic E-state index is 0.494. The number of anilines is 1. The van der Waals surface area contributed by atoms with Crippen LogP contribution in [0.1, 0.15) is 37.3 Å². The molecule has 1 aliphatic heterocycles. The molecule has 1 atom stereocenters. The van der Waals surface area contributed by atoms with Crippen LogP contribution in [0.5, 0.6) is 0 Å². The van der Waals surface area contributed by atoms with Crippen LogP contribution in [0.3, 0.4) is 0 Å². The van der Waals surface area contributed by atoms with Gasteiger partial charge in [-0.05, 0) is 37.5 Å². The Bertz CT molecular complexity index is 562. The van der Waals surface area contributed by atoms with Gasteiger partial charge >= 0.3 is 5.97 Å². The Balaban J connectivity index is 2.29. The molecule has 106 valence electrons. The predicted octanol–water partition coefficient (Wildman–Crippen LogP) is 2.95. The van der Waals surface area contributed by atoms with Crippen molar-refractivity contribution in [1.29, 1.82) is 5.26 Å². The van der Waals surface area contributed by atoms with Crippen LogP contribution in [0.2, 0.25) is 0 Å². The fraction of sp³-hybridized carbons (Fsp3) is 0.500. The van der Waals surface area contributed by atoms with Crippen molar-refractivity contribution in [2.24, 2.45) is 5.41 Å². The summed E-state index contributed by atoms with van der Waals surface area (Å²) in [6.45, 7) is 5.16. The second-order valence-corrected chi connectivity index (χ2v) is 5.64. The third kappa shape index (κ3) is 2.49. The van der Waals surface area contributed by atoms with E-state index in [9.17, 15) is 15.2 Å². The normalized spacial score (nSPS) is 21.8. The zero-order valence-corrected chi connectivity index (χ0v) is 12.0. The van der Waals surface area contributed by atoms with Gasteiger partial charge in [0.2, 0.25) is 0 Å². The fourth-order valence-corrected chi connectivity index (χ4v) is 3.06. The number of nitriles is 1. The number of aliphatic carboxylic acids is 1. The molecule has 1 saturated heterocycles. The highest BCUT2D eigenvalue weighted by Crippen LogP contribution is 2.38. The molecule has 0 amide bonds. The summed E-state index contributed by atoms with van der Waals surface area (Å²) in [7, 11) is 0. The average molecular weight is 272 g/mol. The van der Waals surface area contributed by atoms with E-state index in [1.54, 1.807) is 0 Å². The summed E-state index contributed by atoms with van der Waals surface area (Å²) in [6, 6.07) is 7.97. The van der Waals surface area contributed by atoms with Crippen LogP contribution >= 0.6 is 0 Å². The minimum atomic E-state index is -0.715. The first kappa shape index (κ1) is 14.4. The maximum Gasteiger partial charge on any atom is 0.311 e. The smallest absolute Gasteiger partial charge is 0.311 e. The van der Waals surface area contributed by atoms with Crippen molar-refractivity contribution in [3.63, 3.8) is 0 Å². The molecule has 1 N–H and O–H groups in total. The number of nitrogens with zero attached hydrogens (tertiary/aromatic N) is 2. The highest BCUT2D eigenvalue weighted by atomic mass is 16.4. The summed E-state index contributed by atoms with van der Waals surface area (Å²) < 4.78 is 0. The molecule has 1 fully saturated rings. The van der Waals surface area contributed by atoms with Gasteiger partial charge in [-0.1, -0.05) is 19.4 Å². The van der Waals surface area contributed by atoms with Crippen molar-refractivity contribution in [3.8, 4) is 6.07 Å². The summed E-state index contributed by atoms with van der Waals surface area (Å²) in [6.07, 6.45) is 2.20. The number of carboxylic acids is 1. The van der Waals surface area contributed by atoms with Crippen LogP contribution in [0, 0.1) is 23.7 Å². The van der Waals surface area contributed by atoms with Gasteiger partial charge < -0.3 is 10.0 Å². The van der Waals surface area contributed by atoms with Crippen molar-refractivity contribution in [2.45, 2.75) is 33.1 Å². The second-order valence-electron chi connectivity index (χ2n) is 5.64. The van der Waals surface area contributed by atoms with E-state index < -0.39 is 11.4 Å². The van der Waals surface area contributed by atoms with Crippen molar-refractivity contribution >= 4 is 11.7 Å². The number of hydrogen-bond acceptors (Lipinski definition) is 3. The van der Waals surface area contributed by atoms with Gasteiger partial charge in [0.15, 0.2) is 0 Å². The molecule has 4 heteroatoms. The molecule has 0 radical (unpaired) electrons. The summed E-state index contributed by atoms with van der Waals surface area (Å²) in [5.74, 6) is -0.715. The fourth-order valence-electron chi connectivity index (χ4n) is 3.06. The van der Waals surface area contributed by atoms with Crippen LogP contribution in [0.25, 0.3) is 0 Å². The van der Waals surface area contributed by atoms with E-state index in [1.165, 1.54) is 0 Å². The quantitative estimate of drug-likeness (QED) is 0.915. The Kier molecular flexibility index (Phi) is 3.99. The van der Waals surface area contributed by atoms with E-state index in [1.807, 2.05) is 36.9 Å². The Morgan fingerprint density at radius 2 is 2.30 bits per heavy atom. The molecule has 1 heterocycles. The lowest BCUT2D eigenvalue weighted by atomic mass is 9.83. The molecular formula is C16H20N2O2. The molecule has 1 aliphatic rings. The van der Waals surface area contributed by atoms with Gasteiger partial charge in [0, 0.05) is 13.1 Å². The van der Waals surface area contributed by atoms with E-state index in [2.05, 4.69) is 6.07 Å². The SMILES string of the molecule is CCCC1(C(=O)O)CCN(c2ccc(C)cc2C#N)C1. The Morgan fingerprint density at radius 3 is 2.90 bits per heavy atom. The van der Waals surface area contributed by atoms with E-state index in [4.69, 9.17) is 0 Å². The third-order valence-corrected chi connectivity index (χ3v) is 4.15. The summed E-state index contributed by atoms with van der Waals surface area (Å²) in [5, 5.41) is 18.8. The molecule has 1 aromatic rings. The first-order chi connectivity index (χ1) is 9.52. The van der Waals surface area contributed by atoms with Crippen LogP contribution in [0.15, 0.2) is 18.2 Å². The molecule has 2 rings (SSSR count). The maximum absolute atomic E-state index is 11.6. The number of aryl methyl sites for hydroxylation is 1. The standard InChI is InChI=1S/C16H20N2O2/c1-3-6-16(15(19)20)7-8-18(11-16)14-5-4-12(2)9-13(14)10-17/h4-5,9H,3,6-8,11H2,1-2H3,(H,19,20). The molecule has 0 bridgehead atoms. The Hall–Kier alpha value is -2.02. The molecule has 0 spiro atoms. The van der Waals surface area contributed by atoms with Crippen molar-refractivity contribution in [1.82, 2.24) is 0 Å². The van der Waals surface area contributed by atoms with Crippen molar-refractivity contribution < 1.29 is 9.90 Å². The van der Waals surface area contributed by atoms with Crippen molar-refractivity contribution in [3.05, 3.63) is 29.3 Å². The molecule has 0 aliphatic carbocycles. The molecule has 4 nitrogen and oxygen atoms in total. The minimum Gasteiger partial charge on any atom is -0.481 e. The molecular weight excluding hydrogens is 252 g/mol. The van der Waals surface area contributed by atoms with Gasteiger partial charge in [-0.25, -0.2) is 0 Å². The van der Waals surface area contributed by atoms with Gasteiger partial charge in [-0.15, -0.1) is 0 Å². The topological polar surface area (TPSA) is 64.3 Å². The first-order valence-electron chi connectivity index (χ1n) is 7.01. The van der Waals surface area contributed by atoms with E-state index in [0.717, 1.165) is 17.7 Å². The average Bonchev–Trinajstić information content (AvgIpc) is 2.84. The van der Waals surface area contributed by atoms with Crippen LogP contribution in [-0.4, -0.2) is 24.2 Å². The summed E-state index contributed by atoms with van der Waals surface area (Å²) >= 11 is 0. The molecule has 1 unspecified atom stereocenters. The van der Waals surface area contributed by atoms with Gasteiger partial charge in [-0.2, -0.15) is 5.26 Å². The number of carboxylic acid groups (broad SMARTS) is 1. The lowest BCUT2D eigenvalue weighted by molar-refractivity contribution is -0.148. The Morgan fingerprint density at radius 1 is 1.55 bits per heavy atom. The predicted molar refractivity (Wildman–Crippen MR) is 77.7 cm³/mol. The zero-order chi connectivity index (χ0) is 14.8. The van der Waals surface area contributed by atoms with E-state index in [0.29, 0.717) is 31.5 Å². The molecule has 1 aromatic carbocycles. The van der Waals surface area contributed by atoms with Gasteiger partial charge in [0.05, 0.1) is 16.7 Å². The monoisotopic (exact) mass is 272 g/mol. The molecule has 0 saturated carbocycles. The molecule has 0 aromatic heterocycles. The number of carbonyl (C=O) groups is 1. The first-order valence-corrected chi connectivity index (χ1v) is 7.01. The number of hydrogen-bond donors (Lipinski definition) is 1. The van der Waals surface area contributed by atoms with Crippen LogP contribution < -0.4 is 4.90 Å².